The van der Waals surface area contributed by atoms with Gasteiger partial charge in [-0.1, -0.05) is 26.0 Å². The predicted molar refractivity (Wildman–Crippen MR) is 77.7 cm³/mol. The van der Waals surface area contributed by atoms with Crippen LogP contribution in [0.3, 0.4) is 0 Å². The summed E-state index contributed by atoms with van der Waals surface area (Å²) in [6, 6.07) is 0. The summed E-state index contributed by atoms with van der Waals surface area (Å²) in [6.07, 6.45) is 2.54. The minimum absolute atomic E-state index is 0.0803. The van der Waals surface area contributed by atoms with E-state index in [1.54, 1.807) is 0 Å². The molecule has 120 valence electrons. The van der Waals surface area contributed by atoms with Crippen LogP contribution < -0.4 is 0 Å². The third-order valence-electron chi connectivity index (χ3n) is 2.56. The molecule has 0 aromatic rings. The van der Waals surface area contributed by atoms with Gasteiger partial charge in [0, 0.05) is 14.1 Å². The van der Waals surface area contributed by atoms with Crippen LogP contribution in [0, 0.1) is 0 Å². The minimum Gasteiger partial charge on any atom is -0.464 e. The van der Waals surface area contributed by atoms with Crippen LogP contribution in [0.4, 0.5) is 4.79 Å². The normalized spacial score (nSPS) is 9.67. The van der Waals surface area contributed by atoms with Gasteiger partial charge in [-0.3, -0.25) is 9.59 Å². The summed E-state index contributed by atoms with van der Waals surface area (Å²) in [5.74, 6) is -0.836. The van der Waals surface area contributed by atoms with Gasteiger partial charge < -0.3 is 19.3 Å². The number of amides is 2. The Morgan fingerprint density at radius 1 is 1.10 bits per heavy atom. The Bertz CT molecular complexity index is 370. The second-order valence-electron chi connectivity index (χ2n) is 4.55. The Kier molecular flexibility index (Phi) is 9.66. The zero-order chi connectivity index (χ0) is 16.3. The first-order chi connectivity index (χ1) is 9.92. The number of hydrogen-bond donors (Lipinski definition) is 0. The molecule has 2 amide bonds. The number of hydrogen-bond acceptors (Lipinski definition) is 5. The summed E-state index contributed by atoms with van der Waals surface area (Å²) in [5.41, 5.74) is 0. The molecule has 0 aliphatic heterocycles. The number of carbonyl (C=O) groups excluding carboxylic acids is 3. The maximum atomic E-state index is 11.8. The second-order valence-corrected chi connectivity index (χ2v) is 4.55. The first-order valence-corrected chi connectivity index (χ1v) is 6.80. The van der Waals surface area contributed by atoms with E-state index in [0.717, 1.165) is 17.7 Å². The van der Waals surface area contributed by atoms with Crippen molar-refractivity contribution in [3.05, 3.63) is 12.7 Å². The Labute approximate surface area is 125 Å². The molecule has 0 N–H and O–H groups in total. The molecule has 7 nitrogen and oxygen atoms in total. The lowest BCUT2D eigenvalue weighted by Crippen LogP contribution is -2.41. The average Bonchev–Trinajstić information content (AvgIpc) is 2.44. The Morgan fingerprint density at radius 3 is 2.33 bits per heavy atom. The lowest BCUT2D eigenvalue weighted by molar-refractivity contribution is -0.148. The highest BCUT2D eigenvalue weighted by Crippen LogP contribution is 1.96. The van der Waals surface area contributed by atoms with E-state index < -0.39 is 12.1 Å². The van der Waals surface area contributed by atoms with E-state index in [-0.39, 0.29) is 25.6 Å². The largest absolute Gasteiger partial charge is 0.464 e. The van der Waals surface area contributed by atoms with E-state index >= 15 is 0 Å². The van der Waals surface area contributed by atoms with Gasteiger partial charge in [-0.2, -0.15) is 0 Å². The second kappa shape index (κ2) is 10.7. The summed E-state index contributed by atoms with van der Waals surface area (Å²) in [5, 5.41) is 0. The Morgan fingerprint density at radius 2 is 1.76 bits per heavy atom. The molecule has 0 aromatic carbocycles. The third-order valence-corrected chi connectivity index (χ3v) is 2.56. The van der Waals surface area contributed by atoms with E-state index in [9.17, 15) is 14.4 Å². The maximum absolute atomic E-state index is 11.8. The van der Waals surface area contributed by atoms with Gasteiger partial charge in [-0.05, 0) is 6.42 Å². The van der Waals surface area contributed by atoms with Crippen LogP contribution in [0.25, 0.3) is 0 Å². The van der Waals surface area contributed by atoms with Gasteiger partial charge in [0.25, 0.3) is 0 Å². The molecule has 0 atom stereocenters. The van der Waals surface area contributed by atoms with Crippen molar-refractivity contribution in [1.82, 2.24) is 9.80 Å². The number of nitrogens with zero attached hydrogens (tertiary/aromatic N) is 2. The lowest BCUT2D eigenvalue weighted by Gasteiger charge is -2.21. The Balaban J connectivity index is 4.11. The van der Waals surface area contributed by atoms with Crippen molar-refractivity contribution in [2.45, 2.75) is 19.8 Å². The molecule has 0 rings (SSSR count). The maximum Gasteiger partial charge on any atom is 0.410 e. The van der Waals surface area contributed by atoms with Crippen LogP contribution >= 0.6 is 0 Å². The van der Waals surface area contributed by atoms with Gasteiger partial charge in [-0.15, -0.1) is 0 Å². The first kappa shape index (κ1) is 18.9. The fourth-order valence-electron chi connectivity index (χ4n) is 1.29. The van der Waals surface area contributed by atoms with Crippen molar-refractivity contribution in [2.24, 2.45) is 0 Å². The summed E-state index contributed by atoms with van der Waals surface area (Å²) in [6.45, 7) is 5.53. The Hall–Kier alpha value is -2.05. The molecular formula is C14H24N2O5. The molecule has 7 heteroatoms. The molecule has 0 unspecified atom stereocenters. The van der Waals surface area contributed by atoms with Crippen LogP contribution in [-0.2, 0) is 19.1 Å². The van der Waals surface area contributed by atoms with E-state index in [1.165, 1.54) is 25.1 Å². The van der Waals surface area contributed by atoms with Crippen LogP contribution in [0.5, 0.6) is 0 Å². The summed E-state index contributed by atoms with van der Waals surface area (Å²) in [7, 11) is 2.92. The van der Waals surface area contributed by atoms with Crippen molar-refractivity contribution in [3.63, 3.8) is 0 Å². The van der Waals surface area contributed by atoms with Crippen LogP contribution in [0.1, 0.15) is 19.8 Å². The predicted octanol–water partition coefficient (Wildman–Crippen LogP) is 1.04. The first-order valence-electron chi connectivity index (χ1n) is 6.80. The van der Waals surface area contributed by atoms with E-state index in [1.807, 2.05) is 6.92 Å². The van der Waals surface area contributed by atoms with Gasteiger partial charge in [0.1, 0.15) is 19.7 Å². The number of unbranched alkanes of at least 4 members (excludes halogenated alkanes) is 1. The number of ether oxygens (including phenoxy) is 2. The number of carbonyl (C=O) groups is 3. The topological polar surface area (TPSA) is 76.2 Å². The van der Waals surface area contributed by atoms with Crippen molar-refractivity contribution >= 4 is 18.0 Å². The molecule has 0 spiro atoms. The molecule has 0 aliphatic rings. The fourth-order valence-corrected chi connectivity index (χ4v) is 1.29. The molecule has 0 saturated carbocycles. The van der Waals surface area contributed by atoms with Crippen LogP contribution in [-0.4, -0.2) is 68.2 Å². The molecule has 0 heterocycles. The standard InChI is InChI=1S/C14H24N2O5/c1-5-7-9-20-13(18)11-15(3)12(17)10-16(4)14(19)21-8-6-2/h6H,2,5,7-11H2,1,3-4H3. The molecule has 0 aliphatic carbocycles. The van der Waals surface area contributed by atoms with Crippen molar-refractivity contribution in [2.75, 3.05) is 40.4 Å². The molecule has 0 fully saturated rings. The highest BCUT2D eigenvalue weighted by Gasteiger charge is 2.18. The van der Waals surface area contributed by atoms with E-state index in [0.29, 0.717) is 6.61 Å². The highest BCUT2D eigenvalue weighted by molar-refractivity contribution is 5.85. The van der Waals surface area contributed by atoms with Gasteiger partial charge in [-0.25, -0.2) is 4.79 Å². The highest BCUT2D eigenvalue weighted by atomic mass is 16.6. The van der Waals surface area contributed by atoms with Crippen LogP contribution in [0.15, 0.2) is 12.7 Å². The molecular weight excluding hydrogens is 276 g/mol. The zero-order valence-electron chi connectivity index (χ0n) is 13.0. The van der Waals surface area contributed by atoms with Crippen molar-refractivity contribution < 1.29 is 23.9 Å². The fraction of sp³-hybridized carbons (Fsp3) is 0.643. The van der Waals surface area contributed by atoms with Crippen molar-refractivity contribution in [1.29, 1.82) is 0 Å². The van der Waals surface area contributed by atoms with Gasteiger partial charge in [0.2, 0.25) is 5.91 Å². The zero-order valence-corrected chi connectivity index (χ0v) is 13.0. The summed E-state index contributed by atoms with van der Waals surface area (Å²) in [4.78, 5) is 37.1. The quantitative estimate of drug-likeness (QED) is 0.361. The number of esters is 1. The average molecular weight is 300 g/mol. The van der Waals surface area contributed by atoms with E-state index in [4.69, 9.17) is 9.47 Å². The minimum atomic E-state index is -0.623. The van der Waals surface area contributed by atoms with Crippen LogP contribution in [0.2, 0.25) is 0 Å². The molecule has 21 heavy (non-hydrogen) atoms. The third kappa shape index (κ3) is 8.67. The lowest BCUT2D eigenvalue weighted by atomic mass is 10.4. The number of rotatable bonds is 9. The van der Waals surface area contributed by atoms with Gasteiger partial charge in [0.05, 0.1) is 6.61 Å². The van der Waals surface area contributed by atoms with Crippen molar-refractivity contribution in [3.8, 4) is 0 Å². The smallest absolute Gasteiger partial charge is 0.410 e. The molecule has 0 radical (unpaired) electrons. The summed E-state index contributed by atoms with van der Waals surface area (Å²) >= 11 is 0. The van der Waals surface area contributed by atoms with Gasteiger partial charge in [0.15, 0.2) is 0 Å². The number of likely N-dealkylation sites (N-methyl/N-ethyl adjacent to an activating group) is 2. The molecule has 0 saturated heterocycles. The van der Waals surface area contributed by atoms with E-state index in [2.05, 4.69) is 6.58 Å². The SMILES string of the molecule is C=CCOC(=O)N(C)CC(=O)N(C)CC(=O)OCCCC. The summed E-state index contributed by atoms with van der Waals surface area (Å²) < 4.78 is 9.75. The molecule has 0 bridgehead atoms. The molecule has 0 aromatic heterocycles. The van der Waals surface area contributed by atoms with Gasteiger partial charge >= 0.3 is 12.1 Å². The monoisotopic (exact) mass is 300 g/mol.